The number of hydrogen-bond donors (Lipinski definition) is 2. The van der Waals surface area contributed by atoms with Gasteiger partial charge in [0.1, 0.15) is 0 Å². The molecule has 25 heavy (non-hydrogen) atoms. The molecule has 140 valence electrons. The van der Waals surface area contributed by atoms with E-state index in [1.807, 2.05) is 30.3 Å². The van der Waals surface area contributed by atoms with Crippen molar-refractivity contribution >= 4 is 11.8 Å². The Bertz CT molecular complexity index is 488. The van der Waals surface area contributed by atoms with Crippen LogP contribution in [0, 0.1) is 0 Å². The second-order valence-corrected chi connectivity index (χ2v) is 6.60. The monoisotopic (exact) mass is 346 g/mol. The van der Waals surface area contributed by atoms with Crippen LogP contribution in [0.3, 0.4) is 0 Å². The minimum absolute atomic E-state index is 0.0313. The van der Waals surface area contributed by atoms with Crippen LogP contribution in [0.15, 0.2) is 30.3 Å². The Balaban J connectivity index is 2.06. The fourth-order valence-corrected chi connectivity index (χ4v) is 2.80. The van der Waals surface area contributed by atoms with Crippen molar-refractivity contribution in [1.29, 1.82) is 0 Å². The molecule has 4 nitrogen and oxygen atoms in total. The third-order valence-electron chi connectivity index (χ3n) is 4.42. The first-order valence-corrected chi connectivity index (χ1v) is 9.80. The highest BCUT2D eigenvalue weighted by molar-refractivity contribution is 5.94. The van der Waals surface area contributed by atoms with E-state index in [0.717, 1.165) is 32.1 Å². The Kier molecular flexibility index (Phi) is 11.4. The maximum absolute atomic E-state index is 12.0. The van der Waals surface area contributed by atoms with Crippen molar-refractivity contribution in [2.75, 3.05) is 6.54 Å². The van der Waals surface area contributed by atoms with Gasteiger partial charge in [0, 0.05) is 24.6 Å². The molecule has 1 aromatic rings. The number of amides is 2. The van der Waals surface area contributed by atoms with E-state index in [1.54, 1.807) is 0 Å². The minimum Gasteiger partial charge on any atom is -0.353 e. The van der Waals surface area contributed by atoms with Crippen molar-refractivity contribution in [2.24, 2.45) is 0 Å². The summed E-state index contributed by atoms with van der Waals surface area (Å²) in [6.07, 6.45) is 9.04. The van der Waals surface area contributed by atoms with Gasteiger partial charge in [-0.25, -0.2) is 0 Å². The molecule has 0 aliphatic carbocycles. The molecule has 1 rings (SSSR count). The van der Waals surface area contributed by atoms with Gasteiger partial charge in [0.25, 0.3) is 5.91 Å². The highest BCUT2D eigenvalue weighted by atomic mass is 16.2. The van der Waals surface area contributed by atoms with E-state index in [1.165, 1.54) is 19.3 Å². The van der Waals surface area contributed by atoms with Crippen LogP contribution in [0.1, 0.15) is 82.0 Å². The smallest absolute Gasteiger partial charge is 0.251 e. The highest BCUT2D eigenvalue weighted by Gasteiger charge is 2.09. The van der Waals surface area contributed by atoms with Crippen molar-refractivity contribution in [1.82, 2.24) is 10.6 Å². The van der Waals surface area contributed by atoms with E-state index in [9.17, 15) is 9.59 Å². The number of carbonyl (C=O) groups is 2. The minimum atomic E-state index is -0.0313. The topological polar surface area (TPSA) is 58.2 Å². The molecule has 0 aliphatic rings. The number of benzene rings is 1. The molecule has 2 N–H and O–H groups in total. The highest BCUT2D eigenvalue weighted by Crippen LogP contribution is 2.07. The third kappa shape index (κ3) is 9.90. The van der Waals surface area contributed by atoms with Gasteiger partial charge in [-0.1, -0.05) is 57.7 Å². The first kappa shape index (κ1) is 21.2. The van der Waals surface area contributed by atoms with Crippen LogP contribution in [0.25, 0.3) is 0 Å². The van der Waals surface area contributed by atoms with E-state index < -0.39 is 0 Å². The summed E-state index contributed by atoms with van der Waals surface area (Å²) >= 11 is 0. The lowest BCUT2D eigenvalue weighted by atomic mass is 10.1. The Morgan fingerprint density at radius 1 is 0.960 bits per heavy atom. The summed E-state index contributed by atoms with van der Waals surface area (Å²) in [5.74, 6) is 0.132. The molecule has 0 bridgehead atoms. The van der Waals surface area contributed by atoms with Crippen LogP contribution in [0.4, 0.5) is 0 Å². The molecule has 0 saturated carbocycles. The van der Waals surface area contributed by atoms with E-state index >= 15 is 0 Å². The summed E-state index contributed by atoms with van der Waals surface area (Å²) in [6.45, 7) is 4.98. The van der Waals surface area contributed by atoms with Crippen molar-refractivity contribution in [2.45, 2.75) is 77.7 Å². The van der Waals surface area contributed by atoms with Gasteiger partial charge in [-0.15, -0.1) is 0 Å². The summed E-state index contributed by atoms with van der Waals surface area (Å²) in [5.41, 5.74) is 0.690. The summed E-state index contributed by atoms with van der Waals surface area (Å²) < 4.78 is 0. The second kappa shape index (κ2) is 13.5. The molecule has 0 aliphatic heterocycles. The first-order valence-electron chi connectivity index (χ1n) is 9.80. The van der Waals surface area contributed by atoms with Gasteiger partial charge in [-0.2, -0.15) is 0 Å². The van der Waals surface area contributed by atoms with E-state index in [2.05, 4.69) is 24.5 Å². The summed E-state index contributed by atoms with van der Waals surface area (Å²) in [6, 6.07) is 9.56. The van der Waals surface area contributed by atoms with Gasteiger partial charge in [-0.05, 0) is 37.8 Å². The number of rotatable bonds is 13. The summed E-state index contributed by atoms with van der Waals surface area (Å²) in [7, 11) is 0. The zero-order valence-corrected chi connectivity index (χ0v) is 15.9. The zero-order chi connectivity index (χ0) is 18.3. The number of nitrogens with one attached hydrogen (secondary N) is 2. The van der Waals surface area contributed by atoms with Crippen LogP contribution in [-0.2, 0) is 4.79 Å². The Labute approximate surface area is 152 Å². The molecule has 0 saturated heterocycles. The largest absolute Gasteiger partial charge is 0.353 e. The number of carbonyl (C=O) groups excluding carboxylic acids is 2. The predicted octanol–water partition coefficient (Wildman–Crippen LogP) is 4.45. The molecular formula is C21H34N2O2. The Hall–Kier alpha value is -1.84. The SMILES string of the molecule is CCCCCC(CC)NC(=O)CCCCCNC(=O)c1ccccc1. The van der Waals surface area contributed by atoms with E-state index in [-0.39, 0.29) is 11.8 Å². The number of unbranched alkanes of at least 4 members (excludes halogenated alkanes) is 4. The van der Waals surface area contributed by atoms with Gasteiger partial charge in [-0.3, -0.25) is 9.59 Å². The van der Waals surface area contributed by atoms with Crippen molar-refractivity contribution in [3.8, 4) is 0 Å². The van der Waals surface area contributed by atoms with Gasteiger partial charge < -0.3 is 10.6 Å². The molecule has 0 fully saturated rings. The molecule has 1 atom stereocenters. The summed E-state index contributed by atoms with van der Waals surface area (Å²) in [5, 5.41) is 6.07. The molecular weight excluding hydrogens is 312 g/mol. The average Bonchev–Trinajstić information content (AvgIpc) is 2.64. The Morgan fingerprint density at radius 2 is 1.72 bits per heavy atom. The normalized spacial score (nSPS) is 11.8. The number of hydrogen-bond acceptors (Lipinski definition) is 2. The van der Waals surface area contributed by atoms with Gasteiger partial charge in [0.05, 0.1) is 0 Å². The van der Waals surface area contributed by atoms with Crippen LogP contribution in [0.5, 0.6) is 0 Å². The van der Waals surface area contributed by atoms with Crippen LogP contribution in [0.2, 0.25) is 0 Å². The summed E-state index contributed by atoms with van der Waals surface area (Å²) in [4.78, 5) is 23.9. The van der Waals surface area contributed by atoms with Crippen molar-refractivity contribution in [3.05, 3.63) is 35.9 Å². The van der Waals surface area contributed by atoms with Crippen LogP contribution >= 0.6 is 0 Å². The Morgan fingerprint density at radius 3 is 2.40 bits per heavy atom. The zero-order valence-electron chi connectivity index (χ0n) is 15.9. The molecule has 0 aromatic heterocycles. The van der Waals surface area contributed by atoms with Gasteiger partial charge >= 0.3 is 0 Å². The van der Waals surface area contributed by atoms with E-state index in [4.69, 9.17) is 0 Å². The van der Waals surface area contributed by atoms with Crippen LogP contribution in [-0.4, -0.2) is 24.4 Å². The lowest BCUT2D eigenvalue weighted by Gasteiger charge is -2.16. The first-order chi connectivity index (χ1) is 12.2. The average molecular weight is 347 g/mol. The molecule has 0 heterocycles. The standard InChI is InChI=1S/C21H34N2O2/c1-3-5-8-15-19(4-2)23-20(24)16-11-7-12-17-22-21(25)18-13-9-6-10-14-18/h6,9-10,13-14,19H,3-5,7-8,11-12,15-17H2,1-2H3,(H,22,25)(H,23,24). The van der Waals surface area contributed by atoms with Crippen LogP contribution < -0.4 is 10.6 Å². The maximum Gasteiger partial charge on any atom is 0.251 e. The molecule has 0 radical (unpaired) electrons. The molecule has 1 unspecified atom stereocenters. The van der Waals surface area contributed by atoms with Crippen molar-refractivity contribution < 1.29 is 9.59 Å². The molecule has 4 heteroatoms. The molecule has 1 aromatic carbocycles. The molecule has 2 amide bonds. The van der Waals surface area contributed by atoms with Gasteiger partial charge in [0.15, 0.2) is 0 Å². The second-order valence-electron chi connectivity index (χ2n) is 6.60. The fraction of sp³-hybridized carbons (Fsp3) is 0.619. The molecule has 0 spiro atoms. The fourth-order valence-electron chi connectivity index (χ4n) is 2.80. The quantitative estimate of drug-likeness (QED) is 0.518. The lowest BCUT2D eigenvalue weighted by Crippen LogP contribution is -2.34. The third-order valence-corrected chi connectivity index (χ3v) is 4.42. The van der Waals surface area contributed by atoms with Gasteiger partial charge in [0.2, 0.25) is 5.91 Å². The maximum atomic E-state index is 12.0. The van der Waals surface area contributed by atoms with Crippen molar-refractivity contribution in [3.63, 3.8) is 0 Å². The lowest BCUT2D eigenvalue weighted by molar-refractivity contribution is -0.122. The van der Waals surface area contributed by atoms with E-state index in [0.29, 0.717) is 24.6 Å². The predicted molar refractivity (Wildman–Crippen MR) is 104 cm³/mol.